The number of amides is 1. The molecule has 2 aromatic carbocycles. The number of nitrogens with zero attached hydrogens (tertiary/aromatic N) is 2. The second-order valence-corrected chi connectivity index (χ2v) is 7.41. The van der Waals surface area contributed by atoms with Gasteiger partial charge in [0.15, 0.2) is 16.3 Å². The number of fused-ring (bicyclic) bond motifs is 1. The Morgan fingerprint density at radius 3 is 2.52 bits per heavy atom. The average molecular weight is 415 g/mol. The SMILES string of the molecule is CCOCCn1c(=NC(=O)CCc2ccccc2)sc2cc(OC)c(OC)cc21. The van der Waals surface area contributed by atoms with Crippen molar-refractivity contribution in [1.82, 2.24) is 4.57 Å². The van der Waals surface area contributed by atoms with E-state index in [1.807, 2.05) is 54.0 Å². The molecule has 0 N–H and O–H groups in total. The third kappa shape index (κ3) is 5.25. The Kier molecular flexibility index (Phi) is 7.43. The molecular formula is C22H26N2O4S. The molecule has 0 bridgehead atoms. The van der Waals surface area contributed by atoms with Crippen LogP contribution in [0.25, 0.3) is 10.2 Å². The smallest absolute Gasteiger partial charge is 0.248 e. The molecule has 6 nitrogen and oxygen atoms in total. The topological polar surface area (TPSA) is 62.1 Å². The number of hydrogen-bond donors (Lipinski definition) is 0. The number of aromatic nitrogens is 1. The number of ether oxygens (including phenoxy) is 3. The molecule has 0 radical (unpaired) electrons. The zero-order valence-electron chi connectivity index (χ0n) is 17.0. The van der Waals surface area contributed by atoms with Crippen LogP contribution in [0.15, 0.2) is 47.5 Å². The van der Waals surface area contributed by atoms with E-state index in [2.05, 4.69) is 4.99 Å². The van der Waals surface area contributed by atoms with Crippen LogP contribution >= 0.6 is 11.3 Å². The molecule has 1 aromatic heterocycles. The Bertz CT molecular complexity index is 1020. The van der Waals surface area contributed by atoms with Crippen LogP contribution in [0.1, 0.15) is 18.9 Å². The molecule has 0 aliphatic heterocycles. The molecule has 0 saturated carbocycles. The number of aryl methyl sites for hydroxylation is 1. The summed E-state index contributed by atoms with van der Waals surface area (Å²) >= 11 is 1.47. The van der Waals surface area contributed by atoms with Crippen LogP contribution in [-0.2, 0) is 22.5 Å². The van der Waals surface area contributed by atoms with Crippen molar-refractivity contribution in [3.63, 3.8) is 0 Å². The molecule has 0 fully saturated rings. The minimum absolute atomic E-state index is 0.135. The molecule has 0 saturated heterocycles. The van der Waals surface area contributed by atoms with E-state index >= 15 is 0 Å². The average Bonchev–Trinajstić information content (AvgIpc) is 3.08. The first kappa shape index (κ1) is 21.1. The summed E-state index contributed by atoms with van der Waals surface area (Å²) in [5.41, 5.74) is 2.08. The quantitative estimate of drug-likeness (QED) is 0.500. The molecule has 0 aliphatic carbocycles. The van der Waals surface area contributed by atoms with E-state index in [-0.39, 0.29) is 5.91 Å². The number of rotatable bonds is 9. The molecule has 154 valence electrons. The van der Waals surface area contributed by atoms with E-state index in [4.69, 9.17) is 14.2 Å². The van der Waals surface area contributed by atoms with Gasteiger partial charge < -0.3 is 18.8 Å². The fourth-order valence-electron chi connectivity index (χ4n) is 3.06. The first-order valence-electron chi connectivity index (χ1n) is 9.60. The monoisotopic (exact) mass is 414 g/mol. The highest BCUT2D eigenvalue weighted by atomic mass is 32.1. The van der Waals surface area contributed by atoms with Gasteiger partial charge >= 0.3 is 0 Å². The van der Waals surface area contributed by atoms with E-state index < -0.39 is 0 Å². The van der Waals surface area contributed by atoms with Crippen molar-refractivity contribution in [1.29, 1.82) is 0 Å². The third-order valence-corrected chi connectivity index (χ3v) is 5.58. The highest BCUT2D eigenvalue weighted by Crippen LogP contribution is 2.33. The van der Waals surface area contributed by atoms with Crippen molar-refractivity contribution in [3.05, 3.63) is 52.8 Å². The molecular weight excluding hydrogens is 388 g/mol. The summed E-state index contributed by atoms with van der Waals surface area (Å²) in [5, 5.41) is 0. The summed E-state index contributed by atoms with van der Waals surface area (Å²) in [4.78, 5) is 17.6. The fraction of sp³-hybridized carbons (Fsp3) is 0.364. The summed E-state index contributed by atoms with van der Waals surface area (Å²) < 4.78 is 19.4. The fourth-order valence-corrected chi connectivity index (χ4v) is 4.14. The number of carbonyl (C=O) groups is 1. The second-order valence-electron chi connectivity index (χ2n) is 6.40. The van der Waals surface area contributed by atoms with Gasteiger partial charge in [-0.1, -0.05) is 41.7 Å². The summed E-state index contributed by atoms with van der Waals surface area (Å²) in [5.74, 6) is 1.16. The van der Waals surface area contributed by atoms with Gasteiger partial charge in [0, 0.05) is 31.7 Å². The maximum atomic E-state index is 12.5. The van der Waals surface area contributed by atoms with Gasteiger partial charge in [0.2, 0.25) is 5.91 Å². The molecule has 7 heteroatoms. The van der Waals surface area contributed by atoms with Gasteiger partial charge in [-0.2, -0.15) is 4.99 Å². The van der Waals surface area contributed by atoms with Crippen molar-refractivity contribution in [2.45, 2.75) is 26.3 Å². The Morgan fingerprint density at radius 1 is 1.10 bits per heavy atom. The highest BCUT2D eigenvalue weighted by Gasteiger charge is 2.13. The highest BCUT2D eigenvalue weighted by molar-refractivity contribution is 7.16. The van der Waals surface area contributed by atoms with E-state index in [9.17, 15) is 4.79 Å². The first-order chi connectivity index (χ1) is 14.2. The molecule has 29 heavy (non-hydrogen) atoms. The number of carbonyl (C=O) groups excluding carboxylic acids is 1. The van der Waals surface area contributed by atoms with Crippen LogP contribution in [0.3, 0.4) is 0 Å². The number of thiazole rings is 1. The standard InChI is InChI=1S/C22H26N2O4S/c1-4-28-13-12-24-17-14-18(26-2)19(27-3)15-20(17)29-22(24)23-21(25)11-10-16-8-6-5-7-9-16/h5-9,14-15H,4,10-13H2,1-3H3. The van der Waals surface area contributed by atoms with Gasteiger partial charge in [0.1, 0.15) is 0 Å². The molecule has 0 unspecified atom stereocenters. The molecule has 3 aromatic rings. The van der Waals surface area contributed by atoms with Gasteiger partial charge in [-0.3, -0.25) is 4.79 Å². The molecule has 0 aliphatic rings. The van der Waals surface area contributed by atoms with Crippen molar-refractivity contribution in [2.75, 3.05) is 27.4 Å². The van der Waals surface area contributed by atoms with Crippen LogP contribution in [0.2, 0.25) is 0 Å². The molecule has 1 heterocycles. The molecule has 1 amide bonds. The van der Waals surface area contributed by atoms with Gasteiger partial charge in [-0.05, 0) is 18.9 Å². The third-order valence-electron chi connectivity index (χ3n) is 4.54. The Balaban J connectivity index is 1.94. The largest absolute Gasteiger partial charge is 0.493 e. The Hall–Kier alpha value is -2.64. The van der Waals surface area contributed by atoms with Gasteiger partial charge in [0.05, 0.1) is 31.0 Å². The van der Waals surface area contributed by atoms with E-state index in [0.717, 1.165) is 15.8 Å². The maximum absolute atomic E-state index is 12.5. The molecule has 0 spiro atoms. The minimum atomic E-state index is -0.135. The molecule has 3 rings (SSSR count). The van der Waals surface area contributed by atoms with Crippen LogP contribution in [0, 0.1) is 0 Å². The lowest BCUT2D eigenvalue weighted by Crippen LogP contribution is -2.19. The predicted octanol–water partition coefficient (Wildman–Crippen LogP) is 3.82. The predicted molar refractivity (Wildman–Crippen MR) is 115 cm³/mol. The zero-order valence-corrected chi connectivity index (χ0v) is 17.8. The van der Waals surface area contributed by atoms with E-state index in [0.29, 0.717) is 48.9 Å². The maximum Gasteiger partial charge on any atom is 0.248 e. The van der Waals surface area contributed by atoms with Crippen LogP contribution < -0.4 is 14.3 Å². The van der Waals surface area contributed by atoms with Crippen LogP contribution in [-0.4, -0.2) is 37.9 Å². The van der Waals surface area contributed by atoms with Crippen LogP contribution in [0.5, 0.6) is 11.5 Å². The second kappa shape index (κ2) is 10.2. The normalized spacial score (nSPS) is 11.8. The summed E-state index contributed by atoms with van der Waals surface area (Å²) in [6, 6.07) is 13.8. The van der Waals surface area contributed by atoms with Crippen molar-refractivity contribution >= 4 is 27.5 Å². The summed E-state index contributed by atoms with van der Waals surface area (Å²) in [7, 11) is 3.22. The van der Waals surface area contributed by atoms with E-state index in [1.54, 1.807) is 14.2 Å². The summed E-state index contributed by atoms with van der Waals surface area (Å²) in [6.45, 7) is 3.75. The minimum Gasteiger partial charge on any atom is -0.493 e. The lowest BCUT2D eigenvalue weighted by atomic mass is 10.1. The number of hydrogen-bond acceptors (Lipinski definition) is 5. The number of methoxy groups -OCH3 is 2. The van der Waals surface area contributed by atoms with Gasteiger partial charge in [0.25, 0.3) is 0 Å². The Morgan fingerprint density at radius 2 is 1.83 bits per heavy atom. The Labute approximate surface area is 174 Å². The lowest BCUT2D eigenvalue weighted by molar-refractivity contribution is -0.118. The summed E-state index contributed by atoms with van der Waals surface area (Å²) in [6.07, 6.45) is 1.05. The molecule has 0 atom stereocenters. The van der Waals surface area contributed by atoms with Crippen molar-refractivity contribution < 1.29 is 19.0 Å². The first-order valence-corrected chi connectivity index (χ1v) is 10.4. The van der Waals surface area contributed by atoms with Crippen LogP contribution in [0.4, 0.5) is 0 Å². The van der Waals surface area contributed by atoms with E-state index in [1.165, 1.54) is 11.3 Å². The number of benzene rings is 2. The zero-order chi connectivity index (χ0) is 20.6. The van der Waals surface area contributed by atoms with Gasteiger partial charge in [-0.25, -0.2) is 0 Å². The van der Waals surface area contributed by atoms with Crippen molar-refractivity contribution in [3.8, 4) is 11.5 Å². The van der Waals surface area contributed by atoms with Crippen molar-refractivity contribution in [2.24, 2.45) is 4.99 Å². The van der Waals surface area contributed by atoms with Gasteiger partial charge in [-0.15, -0.1) is 0 Å². The lowest BCUT2D eigenvalue weighted by Gasteiger charge is -2.09.